The first kappa shape index (κ1) is 24.6. The molecule has 1 aromatic heterocycles. The lowest BCUT2D eigenvalue weighted by Gasteiger charge is -2.28. The summed E-state index contributed by atoms with van der Waals surface area (Å²) in [7, 11) is 1.88. The number of ether oxygens (including phenoxy) is 1. The van der Waals surface area contributed by atoms with E-state index in [1.165, 1.54) is 0 Å². The average molecular weight is 476 g/mol. The van der Waals surface area contributed by atoms with E-state index < -0.39 is 0 Å². The van der Waals surface area contributed by atoms with E-state index in [0.29, 0.717) is 26.0 Å². The van der Waals surface area contributed by atoms with Crippen molar-refractivity contribution in [1.82, 2.24) is 20.3 Å². The number of carbonyl (C=O) groups is 2. The average Bonchev–Trinajstić information content (AvgIpc) is 3.21. The number of aryl methyl sites for hydroxylation is 1. The molecule has 0 fully saturated rings. The van der Waals surface area contributed by atoms with Crippen LogP contribution in [-0.4, -0.2) is 45.6 Å². The van der Waals surface area contributed by atoms with Gasteiger partial charge in [0.05, 0.1) is 23.5 Å². The Morgan fingerprint density at radius 2 is 1.77 bits per heavy atom. The number of benzene rings is 2. The maximum absolute atomic E-state index is 13.5. The second-order valence-electron chi connectivity index (χ2n) is 9.36. The number of hydrogen-bond donors (Lipinski definition) is 1. The molecule has 0 spiro atoms. The molecule has 2 heterocycles. The van der Waals surface area contributed by atoms with E-state index in [-0.39, 0.29) is 30.4 Å². The highest BCUT2D eigenvalue weighted by Gasteiger charge is 2.28. The van der Waals surface area contributed by atoms with E-state index in [2.05, 4.69) is 15.6 Å². The lowest BCUT2D eigenvalue weighted by molar-refractivity contribution is -0.123. The molecule has 0 saturated heterocycles. The summed E-state index contributed by atoms with van der Waals surface area (Å²) in [5, 5.41) is 11.6. The van der Waals surface area contributed by atoms with Gasteiger partial charge in [-0.25, -0.2) is 4.68 Å². The Morgan fingerprint density at radius 1 is 1.06 bits per heavy atom. The minimum Gasteiger partial charge on any atom is -0.376 e. The van der Waals surface area contributed by atoms with E-state index in [9.17, 15) is 9.59 Å². The molecule has 0 bridgehead atoms. The predicted molar refractivity (Wildman–Crippen MR) is 136 cm³/mol. The minimum absolute atomic E-state index is 0.0606. The number of nitrogens with zero attached hydrogens (tertiary/aromatic N) is 4. The molecule has 0 aliphatic carbocycles. The lowest BCUT2D eigenvalue weighted by Crippen LogP contribution is -2.35. The van der Waals surface area contributed by atoms with Crippen LogP contribution < -0.4 is 10.2 Å². The number of anilines is 1. The lowest BCUT2D eigenvalue weighted by atomic mass is 9.95. The van der Waals surface area contributed by atoms with Crippen molar-refractivity contribution in [1.29, 1.82) is 0 Å². The summed E-state index contributed by atoms with van der Waals surface area (Å²) in [4.78, 5) is 27.6. The highest BCUT2D eigenvalue weighted by atomic mass is 16.5. The van der Waals surface area contributed by atoms with Gasteiger partial charge in [-0.3, -0.25) is 9.59 Å². The molecule has 35 heavy (non-hydrogen) atoms. The standard InChI is InChI=1S/C27H33N5O3/c1-5-35-27(2,3)16-14-23(33)28-17-15-24(34)32-18-19-10-6-7-11-20(19)26-25(29-30-31(26)4)21-12-8-9-13-22(21)32/h6-13H,5,14-18H2,1-4H3,(H,28,33). The topological polar surface area (TPSA) is 89.3 Å². The summed E-state index contributed by atoms with van der Waals surface area (Å²) in [5.74, 6) is -0.136. The van der Waals surface area contributed by atoms with E-state index in [1.54, 1.807) is 9.58 Å². The van der Waals surface area contributed by atoms with Gasteiger partial charge in [-0.05, 0) is 38.8 Å². The minimum atomic E-state index is -0.344. The molecule has 8 heteroatoms. The highest BCUT2D eigenvalue weighted by molar-refractivity contribution is 6.00. The fourth-order valence-electron chi connectivity index (χ4n) is 4.53. The van der Waals surface area contributed by atoms with Crippen molar-refractivity contribution in [2.75, 3.05) is 18.1 Å². The van der Waals surface area contributed by atoms with Crippen LogP contribution >= 0.6 is 0 Å². The molecule has 8 nitrogen and oxygen atoms in total. The van der Waals surface area contributed by atoms with E-state index in [0.717, 1.165) is 33.8 Å². The Kier molecular flexibility index (Phi) is 7.31. The summed E-state index contributed by atoms with van der Waals surface area (Å²) >= 11 is 0. The van der Waals surface area contributed by atoms with Crippen molar-refractivity contribution in [3.05, 3.63) is 54.1 Å². The maximum atomic E-state index is 13.5. The van der Waals surface area contributed by atoms with Crippen LogP contribution in [0.4, 0.5) is 5.69 Å². The second-order valence-corrected chi connectivity index (χ2v) is 9.36. The monoisotopic (exact) mass is 475 g/mol. The van der Waals surface area contributed by atoms with Crippen molar-refractivity contribution in [3.8, 4) is 22.5 Å². The molecule has 2 aromatic carbocycles. The van der Waals surface area contributed by atoms with Crippen molar-refractivity contribution in [2.24, 2.45) is 7.05 Å². The predicted octanol–water partition coefficient (Wildman–Crippen LogP) is 4.10. The number of aromatic nitrogens is 3. The zero-order chi connectivity index (χ0) is 25.0. The quantitative estimate of drug-likeness (QED) is 0.530. The van der Waals surface area contributed by atoms with Gasteiger partial charge in [0.25, 0.3) is 0 Å². The number of hydrogen-bond acceptors (Lipinski definition) is 5. The summed E-state index contributed by atoms with van der Waals surface area (Å²) in [6, 6.07) is 15.8. The Balaban J connectivity index is 1.52. The van der Waals surface area contributed by atoms with Crippen LogP contribution in [0.5, 0.6) is 0 Å². The van der Waals surface area contributed by atoms with E-state index in [1.807, 2.05) is 76.3 Å². The van der Waals surface area contributed by atoms with Gasteiger partial charge in [0.15, 0.2) is 0 Å². The van der Waals surface area contributed by atoms with Gasteiger partial charge in [-0.2, -0.15) is 0 Å². The number of carbonyl (C=O) groups excluding carboxylic acids is 2. The Bertz CT molecular complexity index is 1220. The van der Waals surface area contributed by atoms with Crippen LogP contribution in [0.1, 0.15) is 45.6 Å². The van der Waals surface area contributed by atoms with E-state index in [4.69, 9.17) is 4.74 Å². The number of amides is 2. The molecule has 4 rings (SSSR count). The first-order valence-corrected chi connectivity index (χ1v) is 12.1. The van der Waals surface area contributed by atoms with Gasteiger partial charge in [-0.1, -0.05) is 47.7 Å². The number of nitrogens with one attached hydrogen (secondary N) is 1. The zero-order valence-corrected chi connectivity index (χ0v) is 20.9. The smallest absolute Gasteiger partial charge is 0.229 e. The Labute approximate surface area is 206 Å². The molecule has 0 atom stereocenters. The molecule has 184 valence electrons. The van der Waals surface area contributed by atoms with Crippen LogP contribution in [0.15, 0.2) is 48.5 Å². The van der Waals surface area contributed by atoms with Gasteiger partial charge in [-0.15, -0.1) is 5.10 Å². The summed E-state index contributed by atoms with van der Waals surface area (Å²) < 4.78 is 7.44. The molecular weight excluding hydrogens is 442 g/mol. The van der Waals surface area contributed by atoms with Gasteiger partial charge >= 0.3 is 0 Å². The first-order chi connectivity index (χ1) is 16.8. The molecule has 0 unspecified atom stereocenters. The molecule has 1 N–H and O–H groups in total. The molecule has 3 aromatic rings. The third-order valence-corrected chi connectivity index (χ3v) is 6.33. The zero-order valence-electron chi connectivity index (χ0n) is 20.9. The molecule has 1 aliphatic rings. The highest BCUT2D eigenvalue weighted by Crippen LogP contribution is 2.40. The molecule has 0 radical (unpaired) electrons. The first-order valence-electron chi connectivity index (χ1n) is 12.1. The van der Waals surface area contributed by atoms with Crippen LogP contribution in [0, 0.1) is 0 Å². The maximum Gasteiger partial charge on any atom is 0.229 e. The second kappa shape index (κ2) is 10.4. The van der Waals surface area contributed by atoms with Crippen LogP contribution in [0.2, 0.25) is 0 Å². The number of fused-ring (bicyclic) bond motifs is 5. The van der Waals surface area contributed by atoms with Crippen LogP contribution in [0.3, 0.4) is 0 Å². The Hall–Kier alpha value is -3.52. The molecule has 0 saturated carbocycles. The summed E-state index contributed by atoms with van der Waals surface area (Å²) in [5.41, 5.74) is 5.01. The normalized spacial score (nSPS) is 12.7. The fraction of sp³-hybridized carbons (Fsp3) is 0.407. The van der Waals surface area contributed by atoms with Crippen LogP contribution in [-0.2, 0) is 27.9 Å². The number of rotatable bonds is 8. The van der Waals surface area contributed by atoms with Crippen molar-refractivity contribution >= 4 is 17.5 Å². The largest absolute Gasteiger partial charge is 0.376 e. The Morgan fingerprint density at radius 3 is 2.54 bits per heavy atom. The van der Waals surface area contributed by atoms with Crippen LogP contribution in [0.25, 0.3) is 22.5 Å². The molecule has 1 aliphatic heterocycles. The fourth-order valence-corrected chi connectivity index (χ4v) is 4.53. The molecular formula is C27H33N5O3. The number of para-hydroxylation sites is 1. The molecule has 2 amide bonds. The third-order valence-electron chi connectivity index (χ3n) is 6.33. The van der Waals surface area contributed by atoms with E-state index >= 15 is 0 Å². The summed E-state index contributed by atoms with van der Waals surface area (Å²) in [6.45, 7) is 7.22. The SMILES string of the molecule is CCOC(C)(C)CCC(=O)NCCC(=O)N1Cc2ccccc2-c2c(nnn2C)-c2ccccc21. The summed E-state index contributed by atoms with van der Waals surface area (Å²) in [6.07, 6.45) is 1.18. The van der Waals surface area contributed by atoms with Gasteiger partial charge < -0.3 is 15.0 Å². The van der Waals surface area contributed by atoms with Crippen molar-refractivity contribution in [2.45, 2.75) is 52.2 Å². The third kappa shape index (κ3) is 5.43. The van der Waals surface area contributed by atoms with Gasteiger partial charge in [0.2, 0.25) is 11.8 Å². The van der Waals surface area contributed by atoms with Gasteiger partial charge in [0.1, 0.15) is 5.69 Å². The van der Waals surface area contributed by atoms with Crippen molar-refractivity contribution in [3.63, 3.8) is 0 Å². The van der Waals surface area contributed by atoms with Crippen molar-refractivity contribution < 1.29 is 14.3 Å². The van der Waals surface area contributed by atoms with Gasteiger partial charge in [0, 0.05) is 44.2 Å².